The molecule has 0 amide bonds. The fourth-order valence-electron chi connectivity index (χ4n) is 1.35. The summed E-state index contributed by atoms with van der Waals surface area (Å²) in [5, 5.41) is 10.3. The summed E-state index contributed by atoms with van der Waals surface area (Å²) in [5.74, 6) is 0.667. The minimum Gasteiger partial charge on any atom is -0.507 e. The lowest BCUT2D eigenvalue weighted by molar-refractivity contribution is 0.403. The molecule has 3 nitrogen and oxygen atoms in total. The molecule has 0 aliphatic carbocycles. The highest BCUT2D eigenvalue weighted by molar-refractivity contribution is 6.32. The quantitative estimate of drug-likeness (QED) is 0.834. The maximum Gasteiger partial charge on any atom is 0.144 e. The third kappa shape index (κ3) is 2.43. The minimum atomic E-state index is 0.168. The first-order chi connectivity index (χ1) is 7.11. The molecule has 0 aliphatic rings. The average molecular weight is 228 g/mol. The van der Waals surface area contributed by atoms with Crippen LogP contribution in [0.4, 0.5) is 0 Å². The molecule has 1 aromatic rings. The van der Waals surface area contributed by atoms with Crippen molar-refractivity contribution in [2.24, 2.45) is 5.73 Å². The molecule has 0 aromatic heterocycles. The van der Waals surface area contributed by atoms with Crippen LogP contribution in [0.5, 0.6) is 11.5 Å². The fraction of sp³-hybridized carbons (Fsp3) is 0.273. The molecule has 0 fully saturated rings. The van der Waals surface area contributed by atoms with E-state index < -0.39 is 0 Å². The monoisotopic (exact) mass is 227 g/mol. The standard InChI is InChI=1S/C11H14ClNO2/c1-7-10(14)8(4-3-5-13)6-9(12)11(7)15-2/h3-4,6,14H,5,13H2,1-2H3/b4-3+. The highest BCUT2D eigenvalue weighted by Crippen LogP contribution is 2.37. The summed E-state index contributed by atoms with van der Waals surface area (Å²) >= 11 is 5.98. The third-order valence-electron chi connectivity index (χ3n) is 2.11. The van der Waals surface area contributed by atoms with Crippen molar-refractivity contribution < 1.29 is 9.84 Å². The van der Waals surface area contributed by atoms with E-state index in [1.54, 1.807) is 25.1 Å². The lowest BCUT2D eigenvalue weighted by atomic mass is 10.1. The zero-order chi connectivity index (χ0) is 11.4. The maximum atomic E-state index is 9.83. The number of hydrogen-bond acceptors (Lipinski definition) is 3. The minimum absolute atomic E-state index is 0.168. The summed E-state index contributed by atoms with van der Waals surface area (Å²) in [6.45, 7) is 2.17. The van der Waals surface area contributed by atoms with Gasteiger partial charge in [0, 0.05) is 17.7 Å². The number of rotatable bonds is 3. The number of ether oxygens (including phenoxy) is 1. The molecule has 0 heterocycles. The van der Waals surface area contributed by atoms with Crippen LogP contribution in [-0.4, -0.2) is 18.8 Å². The highest BCUT2D eigenvalue weighted by atomic mass is 35.5. The summed E-state index contributed by atoms with van der Waals surface area (Å²) < 4.78 is 5.08. The van der Waals surface area contributed by atoms with Crippen molar-refractivity contribution in [2.45, 2.75) is 6.92 Å². The second-order valence-corrected chi connectivity index (χ2v) is 3.50. The highest BCUT2D eigenvalue weighted by Gasteiger charge is 2.12. The molecule has 0 saturated heterocycles. The van der Waals surface area contributed by atoms with Gasteiger partial charge >= 0.3 is 0 Å². The molecule has 0 aliphatic heterocycles. The predicted octanol–water partition coefficient (Wildman–Crippen LogP) is 2.33. The maximum absolute atomic E-state index is 9.83. The van der Waals surface area contributed by atoms with Crippen molar-refractivity contribution in [2.75, 3.05) is 13.7 Å². The molecule has 4 heteroatoms. The van der Waals surface area contributed by atoms with Crippen LogP contribution >= 0.6 is 11.6 Å². The number of methoxy groups -OCH3 is 1. The van der Waals surface area contributed by atoms with Crippen molar-refractivity contribution in [3.05, 3.63) is 28.3 Å². The van der Waals surface area contributed by atoms with Crippen LogP contribution in [0.1, 0.15) is 11.1 Å². The first-order valence-electron chi connectivity index (χ1n) is 4.54. The lowest BCUT2D eigenvalue weighted by Gasteiger charge is -2.11. The van der Waals surface area contributed by atoms with Gasteiger partial charge in [0.2, 0.25) is 0 Å². The predicted molar refractivity (Wildman–Crippen MR) is 62.5 cm³/mol. The van der Waals surface area contributed by atoms with Crippen molar-refractivity contribution in [1.29, 1.82) is 0 Å². The summed E-state index contributed by atoms with van der Waals surface area (Å²) in [6, 6.07) is 1.65. The lowest BCUT2D eigenvalue weighted by Crippen LogP contribution is -1.93. The third-order valence-corrected chi connectivity index (χ3v) is 2.39. The molecule has 0 bridgehead atoms. The second kappa shape index (κ2) is 5.05. The van der Waals surface area contributed by atoms with Crippen molar-refractivity contribution in [3.8, 4) is 11.5 Å². The van der Waals surface area contributed by atoms with Gasteiger partial charge in [0.1, 0.15) is 11.5 Å². The van der Waals surface area contributed by atoms with E-state index in [4.69, 9.17) is 22.1 Å². The Labute approximate surface area is 94.1 Å². The molecule has 15 heavy (non-hydrogen) atoms. The smallest absolute Gasteiger partial charge is 0.144 e. The topological polar surface area (TPSA) is 55.5 Å². The largest absolute Gasteiger partial charge is 0.507 e. The summed E-state index contributed by atoms with van der Waals surface area (Å²) in [6.07, 6.45) is 3.48. The van der Waals surface area contributed by atoms with E-state index in [0.717, 1.165) is 0 Å². The Kier molecular flexibility index (Phi) is 4.00. The summed E-state index contributed by atoms with van der Waals surface area (Å²) in [5.41, 5.74) is 6.60. The van der Waals surface area contributed by atoms with Crippen LogP contribution in [0.15, 0.2) is 12.1 Å². The number of nitrogens with two attached hydrogens (primary N) is 1. The second-order valence-electron chi connectivity index (χ2n) is 3.09. The van der Waals surface area contributed by atoms with Gasteiger partial charge in [-0.1, -0.05) is 23.8 Å². The molecule has 0 spiro atoms. The van der Waals surface area contributed by atoms with E-state index >= 15 is 0 Å². The number of aromatic hydroxyl groups is 1. The van der Waals surface area contributed by atoms with Gasteiger partial charge in [0.25, 0.3) is 0 Å². The first-order valence-corrected chi connectivity index (χ1v) is 4.92. The van der Waals surface area contributed by atoms with E-state index in [0.29, 0.717) is 28.4 Å². The fourth-order valence-corrected chi connectivity index (χ4v) is 1.68. The normalized spacial score (nSPS) is 10.9. The van der Waals surface area contributed by atoms with E-state index in [9.17, 15) is 5.11 Å². The Hall–Kier alpha value is -1.19. The van der Waals surface area contributed by atoms with Crippen LogP contribution < -0.4 is 10.5 Å². The van der Waals surface area contributed by atoms with Crippen LogP contribution in [0, 0.1) is 6.92 Å². The molecular formula is C11H14ClNO2. The number of hydrogen-bond donors (Lipinski definition) is 2. The number of halogens is 1. The average Bonchev–Trinajstić information content (AvgIpc) is 2.22. The Morgan fingerprint density at radius 2 is 2.27 bits per heavy atom. The van der Waals surface area contributed by atoms with Gasteiger partial charge in [0.05, 0.1) is 12.1 Å². The molecule has 1 rings (SSSR count). The van der Waals surface area contributed by atoms with Crippen LogP contribution in [0.2, 0.25) is 5.02 Å². The van der Waals surface area contributed by atoms with Crippen LogP contribution in [0.25, 0.3) is 6.08 Å². The molecule has 0 saturated carbocycles. The number of phenols is 1. The molecule has 0 radical (unpaired) electrons. The van der Waals surface area contributed by atoms with Crippen LogP contribution in [0.3, 0.4) is 0 Å². The van der Waals surface area contributed by atoms with E-state index in [-0.39, 0.29) is 5.75 Å². The van der Waals surface area contributed by atoms with E-state index in [1.807, 2.05) is 0 Å². The summed E-state index contributed by atoms with van der Waals surface area (Å²) in [7, 11) is 1.52. The molecule has 0 atom stereocenters. The van der Waals surface area contributed by atoms with Crippen molar-refractivity contribution in [1.82, 2.24) is 0 Å². The van der Waals surface area contributed by atoms with Gasteiger partial charge in [-0.25, -0.2) is 0 Å². The Balaban J connectivity index is 3.27. The van der Waals surface area contributed by atoms with Gasteiger partial charge in [-0.3, -0.25) is 0 Å². The Bertz CT molecular complexity index is 389. The molecule has 0 unspecified atom stereocenters. The van der Waals surface area contributed by atoms with Gasteiger partial charge in [-0.15, -0.1) is 0 Å². The van der Waals surface area contributed by atoms with E-state index in [2.05, 4.69) is 0 Å². The Morgan fingerprint density at radius 3 is 2.80 bits per heavy atom. The Morgan fingerprint density at radius 1 is 1.60 bits per heavy atom. The van der Waals surface area contributed by atoms with E-state index in [1.165, 1.54) is 7.11 Å². The first kappa shape index (κ1) is 11.9. The zero-order valence-corrected chi connectivity index (χ0v) is 9.51. The number of benzene rings is 1. The molecular weight excluding hydrogens is 214 g/mol. The molecule has 1 aromatic carbocycles. The molecule has 82 valence electrons. The number of phenolic OH excluding ortho intramolecular Hbond substituents is 1. The van der Waals surface area contributed by atoms with Gasteiger partial charge in [0.15, 0.2) is 0 Å². The van der Waals surface area contributed by atoms with Crippen molar-refractivity contribution >= 4 is 17.7 Å². The summed E-state index contributed by atoms with van der Waals surface area (Å²) in [4.78, 5) is 0. The SMILES string of the molecule is COc1c(Cl)cc(/C=C/CN)c(O)c1C. The van der Waals surface area contributed by atoms with Gasteiger partial charge in [-0.2, -0.15) is 0 Å². The zero-order valence-electron chi connectivity index (χ0n) is 8.75. The van der Waals surface area contributed by atoms with Gasteiger partial charge < -0.3 is 15.6 Å². The van der Waals surface area contributed by atoms with Gasteiger partial charge in [-0.05, 0) is 13.0 Å². The van der Waals surface area contributed by atoms with Crippen LogP contribution in [-0.2, 0) is 0 Å². The van der Waals surface area contributed by atoms with Crippen molar-refractivity contribution in [3.63, 3.8) is 0 Å². The molecule has 3 N–H and O–H groups in total.